The van der Waals surface area contributed by atoms with Gasteiger partial charge in [0.1, 0.15) is 5.88 Å². The first-order chi connectivity index (χ1) is 17.8. The van der Waals surface area contributed by atoms with E-state index in [0.717, 1.165) is 5.56 Å². The Morgan fingerprint density at radius 2 is 1.89 bits per heavy atom. The van der Waals surface area contributed by atoms with E-state index in [9.17, 15) is 18.0 Å². The van der Waals surface area contributed by atoms with Gasteiger partial charge in [0, 0.05) is 42.8 Å². The summed E-state index contributed by atoms with van der Waals surface area (Å²) in [6, 6.07) is 5.46. The molecule has 37 heavy (non-hydrogen) atoms. The van der Waals surface area contributed by atoms with Gasteiger partial charge in [-0.2, -0.15) is 0 Å². The summed E-state index contributed by atoms with van der Waals surface area (Å²) in [5.74, 6) is -0.731. The van der Waals surface area contributed by atoms with Crippen molar-refractivity contribution in [3.63, 3.8) is 0 Å². The van der Waals surface area contributed by atoms with E-state index in [1.807, 2.05) is 0 Å². The van der Waals surface area contributed by atoms with Gasteiger partial charge in [-0.15, -0.1) is 11.6 Å². The van der Waals surface area contributed by atoms with Crippen LogP contribution < -0.4 is 10.2 Å². The Morgan fingerprint density at radius 1 is 1.16 bits per heavy atom. The molecule has 2 aromatic heterocycles. The molecule has 0 bridgehead atoms. The molecule has 11 nitrogen and oxygen atoms in total. The fraction of sp³-hybridized carbons (Fsp3) is 0.375. The predicted octanol–water partition coefficient (Wildman–Crippen LogP) is 2.38. The number of alkyl halides is 1. The lowest BCUT2D eigenvalue weighted by Crippen LogP contribution is -2.51. The molecular formula is C24H27ClN6O5S. The van der Waals surface area contributed by atoms with Crippen molar-refractivity contribution in [2.45, 2.75) is 31.8 Å². The van der Waals surface area contributed by atoms with Gasteiger partial charge in [0.2, 0.25) is 21.8 Å². The van der Waals surface area contributed by atoms with E-state index in [-0.39, 0.29) is 23.4 Å². The maximum absolute atomic E-state index is 13.7. The topological polar surface area (TPSA) is 139 Å². The zero-order valence-corrected chi connectivity index (χ0v) is 21.7. The van der Waals surface area contributed by atoms with Gasteiger partial charge in [0.05, 0.1) is 23.8 Å². The van der Waals surface area contributed by atoms with Gasteiger partial charge < -0.3 is 9.73 Å². The molecule has 0 saturated carbocycles. The number of carbonyl (C=O) groups is 2. The third-order valence-electron chi connectivity index (χ3n) is 6.17. The molecule has 3 aromatic rings. The van der Waals surface area contributed by atoms with Gasteiger partial charge in [-0.05, 0) is 44.0 Å². The number of nitrogens with zero attached hydrogens (tertiary/aromatic N) is 5. The normalized spacial score (nSPS) is 15.7. The number of halogens is 1. The molecule has 0 radical (unpaired) electrons. The number of carbonyl (C=O) groups excluding carboxylic acids is 2. The summed E-state index contributed by atoms with van der Waals surface area (Å²) in [6.07, 6.45) is 8.15. The Morgan fingerprint density at radius 3 is 2.46 bits per heavy atom. The molecule has 1 aromatic carbocycles. The number of oxazole rings is 1. The third-order valence-corrected chi connectivity index (χ3v) is 8.28. The van der Waals surface area contributed by atoms with Crippen LogP contribution in [0.5, 0.6) is 0 Å². The largest absolute Gasteiger partial charge is 0.444 e. The molecule has 1 aliphatic rings. The van der Waals surface area contributed by atoms with Crippen LogP contribution in [0.1, 0.15) is 31.5 Å². The first-order valence-corrected chi connectivity index (χ1v) is 13.9. The summed E-state index contributed by atoms with van der Waals surface area (Å²) >= 11 is 5.97. The number of benzene rings is 1. The summed E-state index contributed by atoms with van der Waals surface area (Å²) in [7, 11) is -3.29. The number of aromatic nitrogens is 3. The van der Waals surface area contributed by atoms with Gasteiger partial charge in [0.25, 0.3) is 0 Å². The summed E-state index contributed by atoms with van der Waals surface area (Å²) in [5, 5.41) is 2.98. The van der Waals surface area contributed by atoms with Crippen molar-refractivity contribution in [2.75, 3.05) is 29.6 Å². The number of rotatable bonds is 9. The molecule has 4 rings (SSSR count). The molecule has 13 heteroatoms. The van der Waals surface area contributed by atoms with Crippen LogP contribution in [0.4, 0.5) is 5.69 Å². The van der Waals surface area contributed by atoms with Gasteiger partial charge in [-0.3, -0.25) is 24.5 Å². The van der Waals surface area contributed by atoms with Gasteiger partial charge in [-0.1, -0.05) is 0 Å². The minimum atomic E-state index is -3.29. The first-order valence-electron chi connectivity index (χ1n) is 11.7. The highest BCUT2D eigenvalue weighted by atomic mass is 35.5. The summed E-state index contributed by atoms with van der Waals surface area (Å²) in [5.41, 5.74) is 1.45. The van der Waals surface area contributed by atoms with Crippen LogP contribution >= 0.6 is 11.6 Å². The van der Waals surface area contributed by atoms with E-state index in [1.165, 1.54) is 34.2 Å². The van der Waals surface area contributed by atoms with Crippen molar-refractivity contribution in [3.05, 3.63) is 61.1 Å². The molecule has 1 unspecified atom stereocenters. The van der Waals surface area contributed by atoms with Crippen molar-refractivity contribution in [3.8, 4) is 11.3 Å². The fourth-order valence-electron chi connectivity index (χ4n) is 4.22. The van der Waals surface area contributed by atoms with Crippen molar-refractivity contribution in [1.82, 2.24) is 24.6 Å². The SMILES string of the molecule is CCS(=O)(=O)N1CCC(NC(=O)C(c2cnccn2)N(C(=O)CCl)c2ccc(-c3cnco3)cc2)CC1. The lowest BCUT2D eigenvalue weighted by atomic mass is 10.0. The maximum atomic E-state index is 13.7. The molecule has 0 aliphatic carbocycles. The highest BCUT2D eigenvalue weighted by Gasteiger charge is 2.36. The van der Waals surface area contributed by atoms with Crippen LogP contribution in [0, 0.1) is 0 Å². The zero-order chi connectivity index (χ0) is 26.4. The third kappa shape index (κ3) is 6.14. The van der Waals surface area contributed by atoms with Crippen LogP contribution in [-0.2, 0) is 19.6 Å². The van der Waals surface area contributed by atoms with Crippen molar-refractivity contribution < 1.29 is 22.4 Å². The first kappa shape index (κ1) is 26.7. The van der Waals surface area contributed by atoms with E-state index < -0.39 is 27.9 Å². The van der Waals surface area contributed by atoms with Crippen molar-refractivity contribution in [2.24, 2.45) is 0 Å². The zero-order valence-electron chi connectivity index (χ0n) is 20.2. The van der Waals surface area contributed by atoms with Crippen molar-refractivity contribution in [1.29, 1.82) is 0 Å². The molecule has 1 saturated heterocycles. The summed E-state index contributed by atoms with van der Waals surface area (Å²) in [6.45, 7) is 2.23. The van der Waals surface area contributed by atoms with Crippen LogP contribution in [0.25, 0.3) is 11.3 Å². The number of sulfonamides is 1. The molecular weight excluding hydrogens is 520 g/mol. The van der Waals surface area contributed by atoms with Crippen LogP contribution in [0.2, 0.25) is 0 Å². The van der Waals surface area contributed by atoms with E-state index in [4.69, 9.17) is 16.0 Å². The standard InChI is InChI=1S/C24H27ClN6O5S/c1-2-37(34,35)30-11-7-18(8-12-30)29-24(33)23(20-14-26-9-10-28-20)31(22(32)13-25)19-5-3-17(4-6-19)21-15-27-16-36-21/h3-6,9-10,14-16,18,23H,2,7-8,11-13H2,1H3,(H,29,33). The average Bonchev–Trinajstić information content (AvgIpc) is 3.47. The van der Waals surface area contributed by atoms with Crippen LogP contribution in [0.15, 0.2) is 59.9 Å². The summed E-state index contributed by atoms with van der Waals surface area (Å²) in [4.78, 5) is 40.3. The number of nitrogens with one attached hydrogen (secondary N) is 1. The Bertz CT molecular complexity index is 1300. The van der Waals surface area contributed by atoms with Gasteiger partial charge in [0.15, 0.2) is 18.2 Å². The minimum absolute atomic E-state index is 0.0312. The van der Waals surface area contributed by atoms with Crippen molar-refractivity contribution >= 4 is 39.1 Å². The Hall–Kier alpha value is -3.35. The monoisotopic (exact) mass is 546 g/mol. The predicted molar refractivity (Wildman–Crippen MR) is 137 cm³/mol. The number of amides is 2. The average molecular weight is 547 g/mol. The van der Waals surface area contributed by atoms with E-state index in [2.05, 4.69) is 20.3 Å². The highest BCUT2D eigenvalue weighted by Crippen LogP contribution is 2.30. The second-order valence-electron chi connectivity index (χ2n) is 8.43. The van der Waals surface area contributed by atoms with Gasteiger partial charge in [-0.25, -0.2) is 17.7 Å². The molecule has 1 aliphatic heterocycles. The van der Waals surface area contributed by atoms with E-state index >= 15 is 0 Å². The number of hydrogen-bond donors (Lipinski definition) is 1. The fourth-order valence-corrected chi connectivity index (χ4v) is 5.48. The quantitative estimate of drug-likeness (QED) is 0.404. The molecule has 1 atom stereocenters. The molecule has 196 valence electrons. The molecule has 1 fully saturated rings. The number of anilines is 1. The van der Waals surface area contributed by atoms with E-state index in [0.29, 0.717) is 37.4 Å². The lowest BCUT2D eigenvalue weighted by molar-refractivity contribution is -0.126. The molecule has 2 amide bonds. The Kier molecular flexibility index (Phi) is 8.52. The van der Waals surface area contributed by atoms with Crippen LogP contribution in [0.3, 0.4) is 0 Å². The minimum Gasteiger partial charge on any atom is -0.444 e. The summed E-state index contributed by atoms with van der Waals surface area (Å²) < 4.78 is 31.1. The Balaban J connectivity index is 1.61. The second kappa shape index (κ2) is 11.8. The van der Waals surface area contributed by atoms with E-state index in [1.54, 1.807) is 37.4 Å². The molecule has 0 spiro atoms. The van der Waals surface area contributed by atoms with Crippen LogP contribution in [-0.4, -0.2) is 70.3 Å². The lowest BCUT2D eigenvalue weighted by Gasteiger charge is -2.34. The smallest absolute Gasteiger partial charge is 0.249 e. The highest BCUT2D eigenvalue weighted by molar-refractivity contribution is 7.89. The maximum Gasteiger partial charge on any atom is 0.249 e. The second-order valence-corrected chi connectivity index (χ2v) is 11.0. The number of hydrogen-bond acceptors (Lipinski definition) is 8. The Labute approximate surface area is 219 Å². The van der Waals surface area contributed by atoms with Gasteiger partial charge >= 0.3 is 0 Å². The molecule has 3 heterocycles. The number of piperidine rings is 1. The molecule has 1 N–H and O–H groups in total.